The molecule has 23 heavy (non-hydrogen) atoms. The van der Waals surface area contributed by atoms with Gasteiger partial charge in [-0.1, -0.05) is 30.3 Å². The van der Waals surface area contributed by atoms with Crippen LogP contribution < -0.4 is 5.32 Å². The van der Waals surface area contributed by atoms with Gasteiger partial charge in [-0.15, -0.1) is 0 Å². The van der Waals surface area contributed by atoms with Crippen LogP contribution in [0.2, 0.25) is 0 Å². The Morgan fingerprint density at radius 3 is 2.30 bits per heavy atom. The molecule has 0 unspecified atom stereocenters. The average molecular weight is 316 g/mol. The predicted molar refractivity (Wildman–Crippen MR) is 91.4 cm³/mol. The van der Waals surface area contributed by atoms with Crippen molar-refractivity contribution in [1.29, 1.82) is 0 Å². The van der Waals surface area contributed by atoms with Gasteiger partial charge in [0.05, 0.1) is 0 Å². The molecule has 0 atom stereocenters. The maximum atomic E-state index is 12.4. The van der Waals surface area contributed by atoms with E-state index >= 15 is 0 Å². The topological polar surface area (TPSA) is 52.6 Å². The van der Waals surface area contributed by atoms with Gasteiger partial charge in [0.1, 0.15) is 0 Å². The van der Waals surface area contributed by atoms with Crippen molar-refractivity contribution >= 4 is 6.03 Å². The van der Waals surface area contributed by atoms with Crippen LogP contribution in [0.3, 0.4) is 0 Å². The number of carbonyl (C=O) groups excluding carboxylic acids is 1. The van der Waals surface area contributed by atoms with Crippen molar-refractivity contribution in [2.75, 3.05) is 19.7 Å². The van der Waals surface area contributed by atoms with Crippen LogP contribution in [0, 0.1) is 5.92 Å². The Hall–Kier alpha value is -1.55. The molecule has 2 fully saturated rings. The molecule has 1 aliphatic carbocycles. The van der Waals surface area contributed by atoms with Crippen LogP contribution in [-0.2, 0) is 0 Å². The van der Waals surface area contributed by atoms with E-state index in [4.69, 9.17) is 0 Å². The molecule has 1 aromatic rings. The van der Waals surface area contributed by atoms with Gasteiger partial charge < -0.3 is 15.3 Å². The average Bonchev–Trinajstić information content (AvgIpc) is 2.63. The van der Waals surface area contributed by atoms with E-state index in [0.29, 0.717) is 17.9 Å². The van der Waals surface area contributed by atoms with Crippen molar-refractivity contribution in [1.82, 2.24) is 10.2 Å². The smallest absolute Gasteiger partial charge is 0.317 e. The van der Waals surface area contributed by atoms with Crippen molar-refractivity contribution < 1.29 is 9.90 Å². The first-order valence-corrected chi connectivity index (χ1v) is 8.97. The zero-order chi connectivity index (χ0) is 16.1. The molecule has 4 heteroatoms. The Morgan fingerprint density at radius 2 is 1.70 bits per heavy atom. The van der Waals surface area contributed by atoms with Crippen LogP contribution in [0.4, 0.5) is 4.79 Å². The van der Waals surface area contributed by atoms with Crippen LogP contribution in [0.1, 0.15) is 50.0 Å². The molecular formula is C19H28N2O2. The monoisotopic (exact) mass is 316 g/mol. The van der Waals surface area contributed by atoms with Crippen LogP contribution in [-0.4, -0.2) is 41.8 Å². The maximum Gasteiger partial charge on any atom is 0.317 e. The summed E-state index contributed by atoms with van der Waals surface area (Å²) in [5, 5.41) is 12.4. The summed E-state index contributed by atoms with van der Waals surface area (Å²) in [5.74, 6) is 1.02. The molecule has 1 aliphatic heterocycles. The third-order valence-corrected chi connectivity index (χ3v) is 5.49. The second-order valence-electron chi connectivity index (χ2n) is 7.02. The number of hydrogen-bond acceptors (Lipinski definition) is 2. The van der Waals surface area contributed by atoms with E-state index in [2.05, 4.69) is 35.6 Å². The number of amides is 2. The third-order valence-electron chi connectivity index (χ3n) is 5.49. The van der Waals surface area contributed by atoms with E-state index in [-0.39, 0.29) is 12.6 Å². The lowest BCUT2D eigenvalue weighted by Gasteiger charge is -2.34. The first kappa shape index (κ1) is 16.3. The first-order chi connectivity index (χ1) is 11.3. The van der Waals surface area contributed by atoms with E-state index in [1.807, 2.05) is 4.90 Å². The van der Waals surface area contributed by atoms with Crippen LogP contribution in [0.5, 0.6) is 0 Å². The summed E-state index contributed by atoms with van der Waals surface area (Å²) in [6.45, 7) is 1.80. The highest BCUT2D eigenvalue weighted by Crippen LogP contribution is 2.32. The first-order valence-electron chi connectivity index (χ1n) is 8.97. The Labute approximate surface area is 138 Å². The van der Waals surface area contributed by atoms with Crippen molar-refractivity contribution in [2.24, 2.45) is 5.92 Å². The molecule has 2 N–H and O–H groups in total. The minimum Gasteiger partial charge on any atom is -0.396 e. The van der Waals surface area contributed by atoms with Crippen molar-refractivity contribution in [3.63, 3.8) is 0 Å². The second kappa shape index (κ2) is 7.82. The summed E-state index contributed by atoms with van der Waals surface area (Å²) in [6.07, 6.45) is 6.29. The number of piperidine rings is 1. The van der Waals surface area contributed by atoms with Gasteiger partial charge in [-0.2, -0.15) is 0 Å². The summed E-state index contributed by atoms with van der Waals surface area (Å²) in [4.78, 5) is 14.3. The van der Waals surface area contributed by atoms with Crippen LogP contribution >= 0.6 is 0 Å². The van der Waals surface area contributed by atoms with E-state index < -0.39 is 0 Å². The molecule has 1 aromatic carbocycles. The summed E-state index contributed by atoms with van der Waals surface area (Å²) >= 11 is 0. The molecule has 0 aromatic heterocycles. The minimum atomic E-state index is 0.0875. The SMILES string of the molecule is O=C(NC1CCC(c2ccccc2)CC1)N1CCC(CO)CC1. The number of nitrogens with zero attached hydrogens (tertiary/aromatic N) is 1. The molecule has 2 amide bonds. The number of urea groups is 1. The van der Waals surface area contributed by atoms with Gasteiger partial charge in [-0.3, -0.25) is 0 Å². The van der Waals surface area contributed by atoms with Crippen molar-refractivity contribution in [2.45, 2.75) is 50.5 Å². The number of hydrogen-bond donors (Lipinski definition) is 2. The molecule has 1 saturated carbocycles. The van der Waals surface area contributed by atoms with E-state index in [9.17, 15) is 9.90 Å². The normalized spacial score (nSPS) is 26.0. The Bertz CT molecular complexity index is 489. The number of aliphatic hydroxyl groups is 1. The number of carbonyl (C=O) groups is 1. The number of likely N-dealkylation sites (tertiary alicyclic amines) is 1. The molecule has 1 heterocycles. The number of rotatable bonds is 3. The molecule has 1 saturated heterocycles. The standard InChI is InChI=1S/C19H28N2O2/c22-14-15-10-12-21(13-11-15)19(23)20-18-8-6-17(7-9-18)16-4-2-1-3-5-16/h1-5,15,17-18,22H,6-14H2,(H,20,23). The maximum absolute atomic E-state index is 12.4. The van der Waals surface area contributed by atoms with Crippen LogP contribution in [0.25, 0.3) is 0 Å². The lowest BCUT2D eigenvalue weighted by molar-refractivity contribution is 0.134. The van der Waals surface area contributed by atoms with Gasteiger partial charge in [-0.25, -0.2) is 4.79 Å². The summed E-state index contributed by atoms with van der Waals surface area (Å²) in [5.41, 5.74) is 1.43. The van der Waals surface area contributed by atoms with Gasteiger partial charge in [0.2, 0.25) is 0 Å². The lowest BCUT2D eigenvalue weighted by Crippen LogP contribution is -2.48. The molecule has 2 aliphatic rings. The van der Waals surface area contributed by atoms with Crippen LogP contribution in [0.15, 0.2) is 30.3 Å². The zero-order valence-electron chi connectivity index (χ0n) is 13.8. The van der Waals surface area contributed by atoms with E-state index in [1.54, 1.807) is 0 Å². The van der Waals surface area contributed by atoms with Gasteiger partial charge >= 0.3 is 6.03 Å². The Kier molecular flexibility index (Phi) is 5.55. The van der Waals surface area contributed by atoms with E-state index in [0.717, 1.165) is 51.6 Å². The predicted octanol–water partition coefficient (Wildman–Crippen LogP) is 3.13. The molecule has 0 bridgehead atoms. The summed E-state index contributed by atoms with van der Waals surface area (Å²) in [6, 6.07) is 11.1. The van der Waals surface area contributed by atoms with Gasteiger partial charge in [0.25, 0.3) is 0 Å². The molecule has 126 valence electrons. The molecule has 3 rings (SSSR count). The third kappa shape index (κ3) is 4.25. The molecule has 0 spiro atoms. The lowest BCUT2D eigenvalue weighted by atomic mass is 9.82. The van der Waals surface area contributed by atoms with E-state index in [1.165, 1.54) is 5.56 Å². The van der Waals surface area contributed by atoms with Gasteiger partial charge in [0, 0.05) is 25.7 Å². The summed E-state index contributed by atoms with van der Waals surface area (Å²) < 4.78 is 0. The number of nitrogens with one attached hydrogen (secondary N) is 1. The Balaban J connectivity index is 1.43. The summed E-state index contributed by atoms with van der Waals surface area (Å²) in [7, 11) is 0. The highest BCUT2D eigenvalue weighted by atomic mass is 16.3. The fourth-order valence-corrected chi connectivity index (χ4v) is 3.88. The Morgan fingerprint density at radius 1 is 1.04 bits per heavy atom. The fourth-order valence-electron chi connectivity index (χ4n) is 3.88. The second-order valence-corrected chi connectivity index (χ2v) is 7.02. The van der Waals surface area contributed by atoms with Gasteiger partial charge in [0.15, 0.2) is 0 Å². The van der Waals surface area contributed by atoms with Crippen molar-refractivity contribution in [3.8, 4) is 0 Å². The highest BCUT2D eigenvalue weighted by Gasteiger charge is 2.27. The fraction of sp³-hybridized carbons (Fsp3) is 0.632. The zero-order valence-corrected chi connectivity index (χ0v) is 13.8. The largest absolute Gasteiger partial charge is 0.396 e. The molecular weight excluding hydrogens is 288 g/mol. The van der Waals surface area contributed by atoms with Gasteiger partial charge in [-0.05, 0) is 55.9 Å². The van der Waals surface area contributed by atoms with Crippen molar-refractivity contribution in [3.05, 3.63) is 35.9 Å². The number of aliphatic hydroxyl groups excluding tert-OH is 1. The molecule has 4 nitrogen and oxygen atoms in total. The highest BCUT2D eigenvalue weighted by molar-refractivity contribution is 5.74. The quantitative estimate of drug-likeness (QED) is 0.900. The number of benzene rings is 1. The molecule has 0 radical (unpaired) electrons. The minimum absolute atomic E-state index is 0.0875.